The normalized spacial score (nSPS) is 10.4. The van der Waals surface area contributed by atoms with Crippen molar-refractivity contribution in [1.29, 1.82) is 0 Å². The molecule has 182 valence electrons. The van der Waals surface area contributed by atoms with Crippen molar-refractivity contribution in [2.75, 3.05) is 24.4 Å². The largest absolute Gasteiger partial charge is 0.495 e. The van der Waals surface area contributed by atoms with Gasteiger partial charge in [-0.25, -0.2) is 4.79 Å². The molecule has 0 unspecified atom stereocenters. The van der Waals surface area contributed by atoms with Crippen molar-refractivity contribution in [2.45, 2.75) is 13.8 Å². The summed E-state index contributed by atoms with van der Waals surface area (Å²) in [5.41, 5.74) is 0.243. The van der Waals surface area contributed by atoms with E-state index in [1.54, 1.807) is 38.1 Å². The number of rotatable bonds is 8. The number of carbonyl (C=O) groups is 3. The lowest BCUT2D eigenvalue weighted by molar-refractivity contribution is -0.384. The second-order valence-electron chi connectivity index (χ2n) is 7.01. The van der Waals surface area contributed by atoms with Crippen LogP contribution in [0.4, 0.5) is 16.4 Å². The second kappa shape index (κ2) is 11.0. The predicted molar refractivity (Wildman–Crippen MR) is 132 cm³/mol. The first-order valence-electron chi connectivity index (χ1n) is 10.2. The fraction of sp³-hybridized carbons (Fsp3) is 0.174. The number of benzene rings is 2. The van der Waals surface area contributed by atoms with Gasteiger partial charge in [-0.3, -0.25) is 19.7 Å². The maximum absolute atomic E-state index is 13.1. The first-order chi connectivity index (χ1) is 16.7. The Morgan fingerprint density at radius 2 is 1.83 bits per heavy atom. The maximum Gasteiger partial charge on any atom is 0.341 e. The number of hydrogen-bond acceptors (Lipinski definition) is 8. The predicted octanol–water partition coefficient (Wildman–Crippen LogP) is 5.31. The number of thiophene rings is 1. The summed E-state index contributed by atoms with van der Waals surface area (Å²) in [5, 5.41) is 16.4. The van der Waals surface area contributed by atoms with Crippen LogP contribution in [0.5, 0.6) is 5.75 Å². The summed E-state index contributed by atoms with van der Waals surface area (Å²) in [5.74, 6) is -1.54. The molecule has 3 rings (SSSR count). The van der Waals surface area contributed by atoms with Gasteiger partial charge in [0.15, 0.2) is 0 Å². The highest BCUT2D eigenvalue weighted by atomic mass is 35.5. The number of hydrogen-bond donors (Lipinski definition) is 2. The van der Waals surface area contributed by atoms with Gasteiger partial charge >= 0.3 is 5.97 Å². The number of esters is 1. The van der Waals surface area contributed by atoms with E-state index in [0.29, 0.717) is 17.0 Å². The van der Waals surface area contributed by atoms with Gasteiger partial charge in [0, 0.05) is 11.6 Å². The lowest BCUT2D eigenvalue weighted by atomic mass is 10.1. The highest BCUT2D eigenvalue weighted by Gasteiger charge is 2.28. The number of anilines is 2. The van der Waals surface area contributed by atoms with E-state index in [4.69, 9.17) is 21.1 Å². The zero-order valence-corrected chi connectivity index (χ0v) is 20.4. The summed E-state index contributed by atoms with van der Waals surface area (Å²) in [6.45, 7) is 3.26. The Morgan fingerprint density at radius 3 is 2.49 bits per heavy atom. The van der Waals surface area contributed by atoms with E-state index in [1.165, 1.54) is 19.2 Å². The molecule has 2 aromatic carbocycles. The van der Waals surface area contributed by atoms with Crippen molar-refractivity contribution in [1.82, 2.24) is 0 Å². The summed E-state index contributed by atoms with van der Waals surface area (Å²) in [4.78, 5) is 49.2. The highest BCUT2D eigenvalue weighted by molar-refractivity contribution is 7.19. The summed E-state index contributed by atoms with van der Waals surface area (Å²) >= 11 is 6.69. The van der Waals surface area contributed by atoms with Gasteiger partial charge in [-0.05, 0) is 43.7 Å². The van der Waals surface area contributed by atoms with Crippen LogP contribution in [-0.2, 0) is 4.74 Å². The van der Waals surface area contributed by atoms with E-state index in [1.807, 2.05) is 0 Å². The lowest BCUT2D eigenvalue weighted by Crippen LogP contribution is -2.15. The van der Waals surface area contributed by atoms with Gasteiger partial charge in [0.05, 0.1) is 34.8 Å². The number of nitro groups is 1. The highest BCUT2D eigenvalue weighted by Crippen LogP contribution is 2.36. The van der Waals surface area contributed by atoms with Crippen molar-refractivity contribution in [3.63, 3.8) is 0 Å². The maximum atomic E-state index is 13.1. The van der Waals surface area contributed by atoms with Crippen molar-refractivity contribution < 1.29 is 28.8 Å². The Hall–Kier alpha value is -3.96. The minimum absolute atomic E-state index is 0.0128. The van der Waals surface area contributed by atoms with E-state index < -0.39 is 28.4 Å². The minimum Gasteiger partial charge on any atom is -0.495 e. The number of halogens is 1. The van der Waals surface area contributed by atoms with Crippen LogP contribution in [0.25, 0.3) is 0 Å². The van der Waals surface area contributed by atoms with Crippen molar-refractivity contribution in [3.8, 4) is 5.75 Å². The van der Waals surface area contributed by atoms with E-state index in [0.717, 1.165) is 17.4 Å². The molecule has 0 spiro atoms. The van der Waals surface area contributed by atoms with Crippen LogP contribution >= 0.6 is 22.9 Å². The first-order valence-corrected chi connectivity index (χ1v) is 11.4. The van der Waals surface area contributed by atoms with Gasteiger partial charge in [0.25, 0.3) is 17.5 Å². The lowest BCUT2D eigenvalue weighted by Gasteiger charge is -2.09. The van der Waals surface area contributed by atoms with Gasteiger partial charge in [0.2, 0.25) is 0 Å². The second-order valence-corrected chi connectivity index (χ2v) is 8.44. The zero-order valence-electron chi connectivity index (χ0n) is 18.8. The molecule has 0 fully saturated rings. The van der Waals surface area contributed by atoms with Gasteiger partial charge in [-0.15, -0.1) is 11.3 Å². The number of methoxy groups -OCH3 is 1. The average Bonchev–Trinajstić information content (AvgIpc) is 3.15. The summed E-state index contributed by atoms with van der Waals surface area (Å²) in [7, 11) is 1.47. The molecule has 0 aliphatic carbocycles. The topological polar surface area (TPSA) is 137 Å². The number of nitrogens with one attached hydrogen (secondary N) is 2. The Bertz CT molecular complexity index is 1320. The van der Waals surface area contributed by atoms with Gasteiger partial charge < -0.3 is 20.1 Å². The zero-order chi connectivity index (χ0) is 25.7. The third-order valence-corrected chi connectivity index (χ3v) is 6.35. The number of ether oxygens (including phenoxy) is 2. The van der Waals surface area contributed by atoms with Crippen LogP contribution in [0, 0.1) is 17.0 Å². The minimum atomic E-state index is -0.728. The van der Waals surface area contributed by atoms with Crippen LogP contribution in [0.15, 0.2) is 42.5 Å². The fourth-order valence-corrected chi connectivity index (χ4v) is 4.44. The number of carbonyl (C=O) groups excluding carboxylic acids is 3. The number of nitro benzene ring substituents is 1. The summed E-state index contributed by atoms with van der Waals surface area (Å²) in [6.07, 6.45) is 0. The molecule has 0 atom stereocenters. The molecule has 0 saturated heterocycles. The third-order valence-electron chi connectivity index (χ3n) is 4.82. The van der Waals surface area contributed by atoms with Crippen molar-refractivity contribution >= 4 is 57.1 Å². The Morgan fingerprint density at radius 1 is 1.11 bits per heavy atom. The van der Waals surface area contributed by atoms with Gasteiger partial charge in [-0.1, -0.05) is 23.7 Å². The molecule has 0 radical (unpaired) electrons. The molecular weight excluding hydrogens is 498 g/mol. The molecule has 0 aliphatic rings. The number of amides is 2. The molecule has 0 saturated carbocycles. The molecule has 12 heteroatoms. The van der Waals surface area contributed by atoms with Crippen LogP contribution < -0.4 is 15.4 Å². The van der Waals surface area contributed by atoms with E-state index in [9.17, 15) is 24.5 Å². The first kappa shape index (κ1) is 25.7. The van der Waals surface area contributed by atoms with Crippen LogP contribution in [0.2, 0.25) is 5.02 Å². The molecule has 2 amide bonds. The van der Waals surface area contributed by atoms with E-state index >= 15 is 0 Å². The quantitative estimate of drug-likeness (QED) is 0.235. The van der Waals surface area contributed by atoms with Crippen molar-refractivity contribution in [3.05, 3.63) is 79.2 Å². The third kappa shape index (κ3) is 5.58. The van der Waals surface area contributed by atoms with E-state index in [-0.39, 0.29) is 32.6 Å². The standard InChI is InChI=1S/C23H20ClN3O7S/c1-4-34-23(30)18-12(2)19(21(29)25-15-7-5-6-8-17(15)33-3)35-22(18)26-20(28)13-9-10-14(24)16(11-13)27(31)32/h5-11H,4H2,1-3H3,(H,25,29)(H,26,28). The summed E-state index contributed by atoms with van der Waals surface area (Å²) in [6, 6.07) is 10.4. The summed E-state index contributed by atoms with van der Waals surface area (Å²) < 4.78 is 10.4. The Kier molecular flexibility index (Phi) is 8.05. The monoisotopic (exact) mass is 517 g/mol. The molecule has 1 aromatic heterocycles. The molecular formula is C23H20ClN3O7S. The average molecular weight is 518 g/mol. The van der Waals surface area contributed by atoms with Crippen LogP contribution in [0.1, 0.15) is 42.9 Å². The smallest absolute Gasteiger partial charge is 0.341 e. The number of para-hydroxylation sites is 2. The molecule has 0 aliphatic heterocycles. The van der Waals surface area contributed by atoms with Crippen LogP contribution in [0.3, 0.4) is 0 Å². The fourth-order valence-electron chi connectivity index (χ4n) is 3.16. The Balaban J connectivity index is 1.98. The molecule has 2 N–H and O–H groups in total. The van der Waals surface area contributed by atoms with Crippen LogP contribution in [-0.4, -0.2) is 36.4 Å². The molecule has 0 bridgehead atoms. The SMILES string of the molecule is CCOC(=O)c1c(NC(=O)c2ccc(Cl)c([N+](=O)[O-])c2)sc(C(=O)Nc2ccccc2OC)c1C. The molecule has 1 heterocycles. The molecule has 10 nitrogen and oxygen atoms in total. The Labute approximate surface area is 209 Å². The van der Waals surface area contributed by atoms with Gasteiger partial charge in [-0.2, -0.15) is 0 Å². The molecule has 35 heavy (non-hydrogen) atoms. The number of nitrogens with zero attached hydrogens (tertiary/aromatic N) is 1. The van der Waals surface area contributed by atoms with E-state index in [2.05, 4.69) is 10.6 Å². The van der Waals surface area contributed by atoms with Gasteiger partial charge in [0.1, 0.15) is 15.8 Å². The molecule has 3 aromatic rings. The van der Waals surface area contributed by atoms with Crippen molar-refractivity contribution in [2.24, 2.45) is 0 Å².